The molecule has 2 aromatic rings. The van der Waals surface area contributed by atoms with Gasteiger partial charge in [-0.15, -0.1) is 0 Å². The fraction of sp³-hybridized carbons (Fsp3) is 0.211. The number of hydrogen-bond acceptors (Lipinski definition) is 4. The lowest BCUT2D eigenvalue weighted by Crippen LogP contribution is -2.39. The van der Waals surface area contributed by atoms with Crippen molar-refractivity contribution in [2.24, 2.45) is 0 Å². The molecule has 7 heteroatoms. The molecule has 26 heavy (non-hydrogen) atoms. The Hall–Kier alpha value is -3.35. The smallest absolute Gasteiger partial charge is 0.337 e. The van der Waals surface area contributed by atoms with E-state index in [4.69, 9.17) is 0 Å². The number of para-hydroxylation sites is 1. The highest BCUT2D eigenvalue weighted by Crippen LogP contribution is 2.16. The first-order valence-corrected chi connectivity index (χ1v) is 8.07. The Kier molecular flexibility index (Phi) is 6.73. The number of hydrogen-bond donors (Lipinski definition) is 2. The summed E-state index contributed by atoms with van der Waals surface area (Å²) in [6, 6.07) is 15.2. The van der Waals surface area contributed by atoms with Crippen LogP contribution in [0.3, 0.4) is 0 Å². The van der Waals surface area contributed by atoms with Gasteiger partial charge in [-0.3, -0.25) is 4.79 Å². The molecule has 0 atom stereocenters. The van der Waals surface area contributed by atoms with Crippen molar-refractivity contribution in [1.82, 2.24) is 5.32 Å². The predicted octanol–water partition coefficient (Wildman–Crippen LogP) is 2.65. The summed E-state index contributed by atoms with van der Waals surface area (Å²) < 4.78 is 4.65. The number of benzene rings is 2. The van der Waals surface area contributed by atoms with Crippen LogP contribution in [0.25, 0.3) is 0 Å². The van der Waals surface area contributed by atoms with Crippen molar-refractivity contribution in [2.45, 2.75) is 6.92 Å². The van der Waals surface area contributed by atoms with E-state index in [2.05, 4.69) is 15.4 Å². The number of urea groups is 1. The molecular formula is C19H21N3O4. The molecule has 0 heterocycles. The Morgan fingerprint density at radius 2 is 1.65 bits per heavy atom. The zero-order valence-electron chi connectivity index (χ0n) is 14.7. The van der Waals surface area contributed by atoms with Crippen LogP contribution in [0, 0.1) is 0 Å². The number of amides is 3. The molecule has 0 aliphatic carbocycles. The van der Waals surface area contributed by atoms with Crippen LogP contribution >= 0.6 is 0 Å². The van der Waals surface area contributed by atoms with Gasteiger partial charge >= 0.3 is 12.0 Å². The number of carbonyl (C=O) groups is 3. The zero-order chi connectivity index (χ0) is 18.9. The summed E-state index contributed by atoms with van der Waals surface area (Å²) in [6.45, 7) is 2.02. The maximum atomic E-state index is 11.9. The van der Waals surface area contributed by atoms with Crippen LogP contribution in [0.15, 0.2) is 54.6 Å². The molecule has 136 valence electrons. The van der Waals surface area contributed by atoms with E-state index in [0.29, 0.717) is 23.5 Å². The number of esters is 1. The second-order valence-electron chi connectivity index (χ2n) is 5.46. The number of ether oxygens (including phenoxy) is 1. The standard InChI is InChI=1S/C19H21N3O4/c1-14(23)22(17-10-8-15(9-11-17)18(24)26-2)13-12-20-19(25)21-16-6-4-3-5-7-16/h3-11H,12-13H2,1-2H3,(H2,20,21,25). The molecule has 0 unspecified atom stereocenters. The van der Waals surface area contributed by atoms with E-state index in [-0.39, 0.29) is 18.5 Å². The predicted molar refractivity (Wildman–Crippen MR) is 99.3 cm³/mol. The highest BCUT2D eigenvalue weighted by molar-refractivity contribution is 5.94. The highest BCUT2D eigenvalue weighted by atomic mass is 16.5. The number of methoxy groups -OCH3 is 1. The Morgan fingerprint density at radius 3 is 2.23 bits per heavy atom. The topological polar surface area (TPSA) is 87.7 Å². The number of carbonyl (C=O) groups excluding carboxylic acids is 3. The first-order chi connectivity index (χ1) is 12.5. The summed E-state index contributed by atoms with van der Waals surface area (Å²) in [7, 11) is 1.31. The van der Waals surface area contributed by atoms with Crippen LogP contribution in [0.4, 0.5) is 16.2 Å². The zero-order valence-corrected chi connectivity index (χ0v) is 14.7. The van der Waals surface area contributed by atoms with Gasteiger partial charge in [0.25, 0.3) is 0 Å². The quantitative estimate of drug-likeness (QED) is 0.780. The molecule has 0 fully saturated rings. The van der Waals surface area contributed by atoms with Crippen LogP contribution in [0.5, 0.6) is 0 Å². The Morgan fingerprint density at radius 1 is 1.00 bits per heavy atom. The highest BCUT2D eigenvalue weighted by Gasteiger charge is 2.13. The molecule has 2 aromatic carbocycles. The molecule has 0 aliphatic rings. The number of nitrogens with zero attached hydrogens (tertiary/aromatic N) is 1. The van der Waals surface area contributed by atoms with Gasteiger partial charge in [0.2, 0.25) is 5.91 Å². The first kappa shape index (κ1) is 19.0. The summed E-state index contributed by atoms with van der Waals surface area (Å²) in [5.74, 6) is -0.605. The maximum Gasteiger partial charge on any atom is 0.337 e. The Balaban J connectivity index is 1.91. The Bertz CT molecular complexity index is 760. The molecule has 0 bridgehead atoms. The van der Waals surface area contributed by atoms with E-state index in [1.165, 1.54) is 18.9 Å². The van der Waals surface area contributed by atoms with Crippen LogP contribution in [0.2, 0.25) is 0 Å². The second-order valence-corrected chi connectivity index (χ2v) is 5.46. The van der Waals surface area contributed by atoms with E-state index in [0.717, 1.165) is 0 Å². The van der Waals surface area contributed by atoms with Crippen molar-refractivity contribution in [3.63, 3.8) is 0 Å². The van der Waals surface area contributed by atoms with Gasteiger partial charge in [0.15, 0.2) is 0 Å². The van der Waals surface area contributed by atoms with Crippen molar-refractivity contribution >= 4 is 29.3 Å². The van der Waals surface area contributed by atoms with E-state index < -0.39 is 5.97 Å². The summed E-state index contributed by atoms with van der Waals surface area (Å²) in [5, 5.41) is 5.41. The molecule has 0 aromatic heterocycles. The fourth-order valence-electron chi connectivity index (χ4n) is 2.34. The van der Waals surface area contributed by atoms with E-state index in [1.54, 1.807) is 36.4 Å². The average molecular weight is 355 g/mol. The van der Waals surface area contributed by atoms with Crippen molar-refractivity contribution in [3.05, 3.63) is 60.2 Å². The third-order valence-electron chi connectivity index (χ3n) is 3.63. The molecular weight excluding hydrogens is 334 g/mol. The van der Waals surface area contributed by atoms with Gasteiger partial charge in [0.1, 0.15) is 0 Å². The van der Waals surface area contributed by atoms with Gasteiger partial charge in [0, 0.05) is 31.4 Å². The number of rotatable bonds is 6. The summed E-state index contributed by atoms with van der Waals surface area (Å²) >= 11 is 0. The van der Waals surface area contributed by atoms with E-state index >= 15 is 0 Å². The van der Waals surface area contributed by atoms with Gasteiger partial charge in [-0.05, 0) is 36.4 Å². The SMILES string of the molecule is COC(=O)c1ccc(N(CCNC(=O)Nc2ccccc2)C(C)=O)cc1. The fourth-order valence-corrected chi connectivity index (χ4v) is 2.34. The normalized spacial score (nSPS) is 9.92. The van der Waals surface area contributed by atoms with Crippen molar-refractivity contribution < 1.29 is 19.1 Å². The molecule has 0 saturated carbocycles. The summed E-state index contributed by atoms with van der Waals surface area (Å²) in [4.78, 5) is 36.8. The summed E-state index contributed by atoms with van der Waals surface area (Å²) in [5.41, 5.74) is 1.72. The van der Waals surface area contributed by atoms with Gasteiger partial charge in [-0.2, -0.15) is 0 Å². The molecule has 7 nitrogen and oxygen atoms in total. The van der Waals surface area contributed by atoms with Crippen LogP contribution in [-0.2, 0) is 9.53 Å². The van der Waals surface area contributed by atoms with Crippen LogP contribution in [-0.4, -0.2) is 38.1 Å². The van der Waals surface area contributed by atoms with E-state index in [9.17, 15) is 14.4 Å². The minimum absolute atomic E-state index is 0.166. The minimum Gasteiger partial charge on any atom is -0.465 e. The second kappa shape index (κ2) is 9.22. The number of nitrogens with one attached hydrogen (secondary N) is 2. The molecule has 0 spiro atoms. The third kappa shape index (κ3) is 5.34. The monoisotopic (exact) mass is 355 g/mol. The van der Waals surface area contributed by atoms with Crippen molar-refractivity contribution in [1.29, 1.82) is 0 Å². The van der Waals surface area contributed by atoms with Crippen molar-refractivity contribution in [3.8, 4) is 0 Å². The molecule has 0 saturated heterocycles. The lowest BCUT2D eigenvalue weighted by atomic mass is 10.2. The minimum atomic E-state index is -0.440. The summed E-state index contributed by atoms with van der Waals surface area (Å²) in [6.07, 6.45) is 0. The number of anilines is 2. The van der Waals surface area contributed by atoms with Gasteiger partial charge < -0.3 is 20.3 Å². The molecule has 2 rings (SSSR count). The van der Waals surface area contributed by atoms with Crippen molar-refractivity contribution in [2.75, 3.05) is 30.4 Å². The largest absolute Gasteiger partial charge is 0.465 e. The molecule has 3 amide bonds. The average Bonchev–Trinajstić information content (AvgIpc) is 2.65. The molecule has 0 radical (unpaired) electrons. The van der Waals surface area contributed by atoms with Gasteiger partial charge in [-0.1, -0.05) is 18.2 Å². The first-order valence-electron chi connectivity index (χ1n) is 8.07. The Labute approximate surface area is 152 Å². The van der Waals surface area contributed by atoms with E-state index in [1.807, 2.05) is 18.2 Å². The van der Waals surface area contributed by atoms with Crippen LogP contribution in [0.1, 0.15) is 17.3 Å². The third-order valence-corrected chi connectivity index (χ3v) is 3.63. The van der Waals surface area contributed by atoms with Crippen LogP contribution < -0.4 is 15.5 Å². The molecule has 0 aliphatic heterocycles. The maximum absolute atomic E-state index is 11.9. The van der Waals surface area contributed by atoms with Gasteiger partial charge in [0.05, 0.1) is 12.7 Å². The lowest BCUT2D eigenvalue weighted by molar-refractivity contribution is -0.116. The molecule has 2 N–H and O–H groups in total. The van der Waals surface area contributed by atoms with Gasteiger partial charge in [-0.25, -0.2) is 9.59 Å². The lowest BCUT2D eigenvalue weighted by Gasteiger charge is -2.21.